The Bertz CT molecular complexity index is 802. The smallest absolute Gasteiger partial charge is 0.338 e. The van der Waals surface area contributed by atoms with Crippen LogP contribution >= 0.6 is 11.3 Å². The molecule has 25 heavy (non-hydrogen) atoms. The van der Waals surface area contributed by atoms with Crippen LogP contribution in [0.25, 0.3) is 0 Å². The van der Waals surface area contributed by atoms with Crippen LogP contribution in [0, 0.1) is 5.92 Å². The van der Waals surface area contributed by atoms with Crippen molar-refractivity contribution < 1.29 is 23.1 Å². The first kappa shape index (κ1) is 18.3. The van der Waals surface area contributed by atoms with Gasteiger partial charge in [-0.15, -0.1) is 11.3 Å². The highest BCUT2D eigenvalue weighted by Gasteiger charge is 2.40. The Labute approximate surface area is 150 Å². The van der Waals surface area contributed by atoms with Gasteiger partial charge in [0, 0.05) is 31.1 Å². The van der Waals surface area contributed by atoms with Gasteiger partial charge < -0.3 is 15.7 Å². The summed E-state index contributed by atoms with van der Waals surface area (Å²) in [5.41, 5.74) is 0.525. The van der Waals surface area contributed by atoms with E-state index in [0.717, 1.165) is 16.2 Å². The summed E-state index contributed by atoms with van der Waals surface area (Å²) in [6.07, 6.45) is 0.949. The fraction of sp³-hybridized carbons (Fsp3) is 0.600. The minimum atomic E-state index is -3.93. The molecule has 0 radical (unpaired) electrons. The summed E-state index contributed by atoms with van der Waals surface area (Å²) < 4.78 is 27.2. The summed E-state index contributed by atoms with van der Waals surface area (Å²) in [5, 5.41) is 15.4. The first-order chi connectivity index (χ1) is 11.9. The normalized spacial score (nSPS) is 21.1. The van der Waals surface area contributed by atoms with Gasteiger partial charge in [-0.2, -0.15) is 4.31 Å². The van der Waals surface area contributed by atoms with Gasteiger partial charge in [0.15, 0.2) is 0 Å². The first-order valence-corrected chi connectivity index (χ1v) is 10.5. The van der Waals surface area contributed by atoms with Crippen LogP contribution in [-0.2, 0) is 27.8 Å². The molecule has 0 aromatic carbocycles. The lowest BCUT2D eigenvalue weighted by molar-refractivity contribution is -0.124. The third kappa shape index (κ3) is 3.31. The summed E-state index contributed by atoms with van der Waals surface area (Å²) in [6.45, 7) is 3.74. The molecule has 0 aliphatic carbocycles. The maximum absolute atomic E-state index is 13.0. The number of carboxylic acid groups (broad SMARTS) is 1. The van der Waals surface area contributed by atoms with E-state index in [4.69, 9.17) is 0 Å². The van der Waals surface area contributed by atoms with E-state index in [1.54, 1.807) is 0 Å². The first-order valence-electron chi connectivity index (χ1n) is 8.22. The number of amides is 1. The van der Waals surface area contributed by atoms with E-state index in [9.17, 15) is 23.1 Å². The van der Waals surface area contributed by atoms with E-state index in [1.807, 2.05) is 6.92 Å². The number of nitrogens with one attached hydrogen (secondary N) is 2. The molecular formula is C15H21N3O5S2. The highest BCUT2D eigenvalue weighted by molar-refractivity contribution is 7.91. The van der Waals surface area contributed by atoms with Crippen LogP contribution in [0.2, 0.25) is 0 Å². The molecule has 8 nitrogen and oxygen atoms in total. The summed E-state index contributed by atoms with van der Waals surface area (Å²) in [6, 6.07) is 0. The van der Waals surface area contributed by atoms with Crippen LogP contribution in [0.4, 0.5) is 0 Å². The van der Waals surface area contributed by atoms with Crippen LogP contribution < -0.4 is 10.6 Å². The Morgan fingerprint density at radius 2 is 2.20 bits per heavy atom. The Morgan fingerprint density at radius 3 is 2.88 bits per heavy atom. The average Bonchev–Trinajstić information content (AvgIpc) is 3.20. The highest BCUT2D eigenvalue weighted by Crippen LogP contribution is 2.37. The fourth-order valence-corrected chi connectivity index (χ4v) is 6.81. The highest BCUT2D eigenvalue weighted by atomic mass is 32.2. The van der Waals surface area contributed by atoms with Gasteiger partial charge in [-0.1, -0.05) is 0 Å². The number of carboxylic acids is 1. The molecule has 3 heterocycles. The van der Waals surface area contributed by atoms with Gasteiger partial charge in [-0.25, -0.2) is 13.2 Å². The number of carbonyl (C=O) groups excluding carboxylic acids is 1. The number of fused-ring (bicyclic) bond motifs is 1. The van der Waals surface area contributed by atoms with Crippen molar-refractivity contribution in [2.75, 3.05) is 26.2 Å². The van der Waals surface area contributed by atoms with E-state index in [1.165, 1.54) is 4.31 Å². The average molecular weight is 387 g/mol. The Morgan fingerprint density at radius 1 is 1.44 bits per heavy atom. The van der Waals surface area contributed by atoms with Crippen molar-refractivity contribution in [3.63, 3.8) is 0 Å². The SMILES string of the molecule is CCNC(=O)[C@H]1CCN(S(=O)(=O)c2sc3c(c2C(=O)O)CCNC3)C1. The predicted molar refractivity (Wildman–Crippen MR) is 92.2 cm³/mol. The third-order valence-corrected chi connectivity index (χ3v) is 8.15. The molecular weight excluding hydrogens is 366 g/mol. The molecule has 3 N–H and O–H groups in total. The van der Waals surface area contributed by atoms with Crippen LogP contribution in [0.5, 0.6) is 0 Å². The number of thiophene rings is 1. The fourth-order valence-electron chi connectivity index (χ4n) is 3.30. The van der Waals surface area contributed by atoms with Crippen molar-refractivity contribution in [1.82, 2.24) is 14.9 Å². The van der Waals surface area contributed by atoms with E-state index < -0.39 is 16.0 Å². The van der Waals surface area contributed by atoms with Crippen LogP contribution in [0.3, 0.4) is 0 Å². The molecule has 0 bridgehead atoms. The van der Waals surface area contributed by atoms with Crippen LogP contribution in [0.1, 0.15) is 34.1 Å². The maximum atomic E-state index is 13.0. The Kier molecular flexibility index (Phi) is 5.14. The molecule has 1 atom stereocenters. The lowest BCUT2D eigenvalue weighted by atomic mass is 10.1. The van der Waals surface area contributed by atoms with E-state index in [-0.39, 0.29) is 34.7 Å². The lowest BCUT2D eigenvalue weighted by Gasteiger charge is -2.16. The Balaban J connectivity index is 1.92. The zero-order valence-corrected chi connectivity index (χ0v) is 15.5. The van der Waals surface area contributed by atoms with Gasteiger partial charge >= 0.3 is 5.97 Å². The summed E-state index contributed by atoms with van der Waals surface area (Å²) in [7, 11) is -3.93. The van der Waals surface area contributed by atoms with Crippen LogP contribution in [0.15, 0.2) is 4.21 Å². The molecule has 1 saturated heterocycles. The summed E-state index contributed by atoms with van der Waals surface area (Å²) >= 11 is 1.03. The standard InChI is InChI=1S/C15H21N3O5S2/c1-2-17-13(19)9-4-6-18(8-9)25(22,23)15-12(14(20)21)10-3-5-16-7-11(10)24-15/h9,16H,2-8H2,1H3,(H,17,19)(H,20,21)/t9-/m0/s1. The minimum absolute atomic E-state index is 0.0913. The van der Waals surface area contributed by atoms with Gasteiger partial charge in [-0.3, -0.25) is 4.79 Å². The number of hydrogen-bond acceptors (Lipinski definition) is 6. The van der Waals surface area contributed by atoms with Gasteiger partial charge in [0.05, 0.1) is 11.5 Å². The quantitative estimate of drug-likeness (QED) is 0.666. The summed E-state index contributed by atoms with van der Waals surface area (Å²) in [4.78, 5) is 24.4. The number of hydrogen-bond donors (Lipinski definition) is 3. The van der Waals surface area contributed by atoms with Crippen molar-refractivity contribution in [2.24, 2.45) is 5.92 Å². The predicted octanol–water partition coefficient (Wildman–Crippen LogP) is 0.239. The van der Waals surface area contributed by atoms with Gasteiger partial charge in [0.25, 0.3) is 10.0 Å². The second kappa shape index (κ2) is 7.02. The molecule has 2 aliphatic heterocycles. The van der Waals surface area contributed by atoms with Crippen LogP contribution in [-0.4, -0.2) is 55.9 Å². The molecule has 138 valence electrons. The topological polar surface area (TPSA) is 116 Å². The third-order valence-electron chi connectivity index (χ3n) is 4.56. The van der Waals surface area contributed by atoms with Crippen molar-refractivity contribution in [3.05, 3.63) is 16.0 Å². The number of nitrogens with zero attached hydrogens (tertiary/aromatic N) is 1. The van der Waals surface area contributed by atoms with Gasteiger partial charge in [-0.05, 0) is 31.9 Å². The van der Waals surface area contributed by atoms with Gasteiger partial charge in [0.1, 0.15) is 4.21 Å². The molecule has 0 unspecified atom stereocenters. The molecule has 0 spiro atoms. The molecule has 2 aliphatic rings. The largest absolute Gasteiger partial charge is 0.478 e. The molecule has 1 fully saturated rings. The number of carbonyl (C=O) groups is 2. The van der Waals surface area contributed by atoms with Crippen molar-refractivity contribution in [3.8, 4) is 0 Å². The molecule has 1 aromatic heterocycles. The zero-order chi connectivity index (χ0) is 18.2. The minimum Gasteiger partial charge on any atom is -0.478 e. The number of aromatic carboxylic acids is 1. The molecule has 1 amide bonds. The molecule has 0 saturated carbocycles. The van der Waals surface area contributed by atoms with E-state index in [0.29, 0.717) is 38.0 Å². The number of sulfonamides is 1. The van der Waals surface area contributed by atoms with Crippen molar-refractivity contribution in [1.29, 1.82) is 0 Å². The van der Waals surface area contributed by atoms with Gasteiger partial charge in [0.2, 0.25) is 5.91 Å². The monoisotopic (exact) mass is 387 g/mol. The Hall–Kier alpha value is -1.49. The second-order valence-electron chi connectivity index (χ2n) is 6.14. The zero-order valence-electron chi connectivity index (χ0n) is 13.9. The van der Waals surface area contributed by atoms with Crippen molar-refractivity contribution >= 4 is 33.2 Å². The molecule has 10 heteroatoms. The van der Waals surface area contributed by atoms with E-state index in [2.05, 4.69) is 10.6 Å². The lowest BCUT2D eigenvalue weighted by Crippen LogP contribution is -2.34. The molecule has 3 rings (SSSR count). The number of rotatable bonds is 5. The van der Waals surface area contributed by atoms with Crippen molar-refractivity contribution in [2.45, 2.75) is 30.5 Å². The molecule has 1 aromatic rings. The maximum Gasteiger partial charge on any atom is 0.338 e. The second-order valence-corrected chi connectivity index (χ2v) is 9.38. The summed E-state index contributed by atoms with van der Waals surface area (Å²) in [5.74, 6) is -1.76. The van der Waals surface area contributed by atoms with E-state index >= 15 is 0 Å².